The summed E-state index contributed by atoms with van der Waals surface area (Å²) in [6, 6.07) is 9.21. The molecule has 1 atom stereocenters. The van der Waals surface area contributed by atoms with Gasteiger partial charge in [0.25, 0.3) is 0 Å². The minimum atomic E-state index is -5.08. The molecule has 0 aliphatic rings. The van der Waals surface area contributed by atoms with Crippen molar-refractivity contribution in [1.82, 2.24) is 15.5 Å². The third kappa shape index (κ3) is 15.6. The van der Waals surface area contributed by atoms with E-state index in [2.05, 4.69) is 10.6 Å². The molecule has 0 aliphatic heterocycles. The van der Waals surface area contributed by atoms with Gasteiger partial charge in [0.2, 0.25) is 11.8 Å². The number of carbonyl (C=O) groups is 4. The highest BCUT2D eigenvalue weighted by molar-refractivity contribution is 5.82. The number of nitrogens with zero attached hydrogens (tertiary/aromatic N) is 1. The molecule has 34 heavy (non-hydrogen) atoms. The van der Waals surface area contributed by atoms with Gasteiger partial charge in [0, 0.05) is 20.0 Å². The number of amides is 2. The lowest BCUT2D eigenvalue weighted by Crippen LogP contribution is -2.44. The van der Waals surface area contributed by atoms with Gasteiger partial charge in [0.05, 0.1) is 12.5 Å². The Hall–Kier alpha value is -3.15. The van der Waals surface area contributed by atoms with E-state index in [1.165, 1.54) is 6.92 Å². The van der Waals surface area contributed by atoms with E-state index in [-0.39, 0.29) is 43.4 Å². The maximum atomic E-state index is 12.3. The quantitative estimate of drug-likeness (QED) is 0.302. The molecule has 3 N–H and O–H groups in total. The standard InChI is InChI=1S/C20H31N3O4.C2HF3O2/c1-16(24)21-13-8-7-11-18(23(2)3)20(26)22-14-12-19(25)27-15-17-9-5-4-6-10-17;3-2(4,5)1(6)7/h4-6,9-10,18H,7-8,11-15H2,1-3H3,(H,21,24)(H,22,26);(H,6,7). The second-order valence-corrected chi connectivity index (χ2v) is 7.45. The summed E-state index contributed by atoms with van der Waals surface area (Å²) in [7, 11) is 3.71. The molecule has 0 bridgehead atoms. The van der Waals surface area contributed by atoms with Crippen molar-refractivity contribution in [2.75, 3.05) is 27.2 Å². The molecule has 1 rings (SSSR count). The van der Waals surface area contributed by atoms with Crippen molar-refractivity contribution in [2.24, 2.45) is 0 Å². The van der Waals surface area contributed by atoms with Crippen LogP contribution < -0.4 is 10.6 Å². The number of esters is 1. The average Bonchev–Trinajstić information content (AvgIpc) is 2.74. The number of unbranched alkanes of at least 4 members (excludes halogenated alkanes) is 1. The van der Waals surface area contributed by atoms with Gasteiger partial charge in [-0.25, -0.2) is 4.79 Å². The normalized spacial score (nSPS) is 11.6. The molecule has 1 unspecified atom stereocenters. The van der Waals surface area contributed by atoms with Crippen LogP contribution in [0.3, 0.4) is 0 Å². The molecule has 12 heteroatoms. The number of halogens is 3. The molecule has 0 saturated carbocycles. The summed E-state index contributed by atoms with van der Waals surface area (Å²) in [6.45, 7) is 2.59. The number of carboxylic acids is 1. The van der Waals surface area contributed by atoms with Crippen molar-refractivity contribution in [3.63, 3.8) is 0 Å². The highest BCUT2D eigenvalue weighted by Gasteiger charge is 2.38. The lowest BCUT2D eigenvalue weighted by molar-refractivity contribution is -0.192. The van der Waals surface area contributed by atoms with Crippen LogP contribution in [0.1, 0.15) is 38.2 Å². The van der Waals surface area contributed by atoms with Gasteiger partial charge in [0.1, 0.15) is 6.61 Å². The minimum Gasteiger partial charge on any atom is -0.475 e. The van der Waals surface area contributed by atoms with Crippen LogP contribution in [-0.4, -0.2) is 73.2 Å². The lowest BCUT2D eigenvalue weighted by atomic mass is 10.1. The minimum absolute atomic E-state index is 0.0453. The van der Waals surface area contributed by atoms with Gasteiger partial charge in [-0.2, -0.15) is 13.2 Å². The number of aliphatic carboxylic acids is 1. The first kappa shape index (κ1) is 30.9. The molecule has 1 aromatic rings. The van der Waals surface area contributed by atoms with E-state index >= 15 is 0 Å². The monoisotopic (exact) mass is 491 g/mol. The summed E-state index contributed by atoms with van der Waals surface area (Å²) >= 11 is 0. The van der Waals surface area contributed by atoms with Gasteiger partial charge in [-0.15, -0.1) is 0 Å². The Morgan fingerprint density at radius 2 is 1.62 bits per heavy atom. The number of carbonyl (C=O) groups excluding carboxylic acids is 3. The van der Waals surface area contributed by atoms with Gasteiger partial charge in [-0.3, -0.25) is 19.3 Å². The zero-order valence-corrected chi connectivity index (χ0v) is 19.5. The first-order valence-electron chi connectivity index (χ1n) is 10.5. The molecule has 0 aliphatic carbocycles. The van der Waals surface area contributed by atoms with Crippen LogP contribution in [0, 0.1) is 0 Å². The number of alkyl halides is 3. The number of benzene rings is 1. The first-order valence-corrected chi connectivity index (χ1v) is 10.5. The van der Waals surface area contributed by atoms with Crippen molar-refractivity contribution < 1.29 is 42.2 Å². The summed E-state index contributed by atoms with van der Waals surface area (Å²) in [4.78, 5) is 45.7. The fraction of sp³-hybridized carbons (Fsp3) is 0.545. The Balaban J connectivity index is 0.00000135. The number of hydrogen-bond acceptors (Lipinski definition) is 6. The van der Waals surface area contributed by atoms with Crippen molar-refractivity contribution in [3.8, 4) is 0 Å². The van der Waals surface area contributed by atoms with Crippen LogP contribution >= 0.6 is 0 Å². The zero-order valence-electron chi connectivity index (χ0n) is 19.5. The molecule has 2 amide bonds. The second kappa shape index (κ2) is 16.5. The predicted molar refractivity (Wildman–Crippen MR) is 118 cm³/mol. The fourth-order valence-electron chi connectivity index (χ4n) is 2.57. The Labute approximate surface area is 196 Å². The van der Waals surface area contributed by atoms with Crippen LogP contribution in [0.15, 0.2) is 30.3 Å². The largest absolute Gasteiger partial charge is 0.490 e. The van der Waals surface area contributed by atoms with Gasteiger partial charge < -0.3 is 20.5 Å². The third-order valence-electron chi connectivity index (χ3n) is 4.32. The summed E-state index contributed by atoms with van der Waals surface area (Å²) in [5.41, 5.74) is 0.932. The van der Waals surface area contributed by atoms with Gasteiger partial charge in [0.15, 0.2) is 0 Å². The summed E-state index contributed by atoms with van der Waals surface area (Å²) in [6.07, 6.45) is -2.60. The molecular formula is C22H32F3N3O6. The molecule has 0 spiro atoms. The van der Waals surface area contributed by atoms with E-state index in [1.54, 1.807) is 0 Å². The predicted octanol–water partition coefficient (Wildman–Crippen LogP) is 2.11. The van der Waals surface area contributed by atoms with E-state index in [4.69, 9.17) is 14.6 Å². The first-order chi connectivity index (χ1) is 15.8. The Morgan fingerprint density at radius 3 is 2.12 bits per heavy atom. The highest BCUT2D eigenvalue weighted by atomic mass is 19.4. The van der Waals surface area contributed by atoms with Crippen molar-refractivity contribution in [3.05, 3.63) is 35.9 Å². The van der Waals surface area contributed by atoms with Crippen molar-refractivity contribution in [2.45, 2.75) is 51.4 Å². The van der Waals surface area contributed by atoms with Gasteiger partial charge in [-0.1, -0.05) is 30.3 Å². The number of nitrogens with one attached hydrogen (secondary N) is 2. The molecular weight excluding hydrogens is 459 g/mol. The van der Waals surface area contributed by atoms with Crippen LogP contribution in [0.2, 0.25) is 0 Å². The molecule has 0 saturated heterocycles. The van der Waals surface area contributed by atoms with Crippen LogP contribution in [0.4, 0.5) is 13.2 Å². The number of ether oxygens (including phenoxy) is 1. The van der Waals surface area contributed by atoms with E-state index in [0.717, 1.165) is 18.4 Å². The maximum Gasteiger partial charge on any atom is 0.490 e. The highest BCUT2D eigenvalue weighted by Crippen LogP contribution is 2.13. The molecule has 0 heterocycles. The van der Waals surface area contributed by atoms with Crippen LogP contribution in [0.25, 0.3) is 0 Å². The van der Waals surface area contributed by atoms with Gasteiger partial charge in [-0.05, 0) is 38.9 Å². The average molecular weight is 492 g/mol. The van der Waals surface area contributed by atoms with Crippen LogP contribution in [-0.2, 0) is 30.5 Å². The number of likely N-dealkylation sites (N-methyl/N-ethyl adjacent to an activating group) is 1. The molecule has 1 aromatic carbocycles. The summed E-state index contributed by atoms with van der Waals surface area (Å²) in [5.74, 6) is -3.24. The third-order valence-corrected chi connectivity index (χ3v) is 4.32. The number of carboxylic acid groups (broad SMARTS) is 1. The van der Waals surface area contributed by atoms with Crippen molar-refractivity contribution >= 4 is 23.8 Å². The molecule has 0 radical (unpaired) electrons. The molecule has 9 nitrogen and oxygen atoms in total. The Morgan fingerprint density at radius 1 is 1.03 bits per heavy atom. The van der Waals surface area contributed by atoms with E-state index in [1.807, 2.05) is 49.3 Å². The summed E-state index contributed by atoms with van der Waals surface area (Å²) in [5, 5.41) is 12.7. The van der Waals surface area contributed by atoms with E-state index in [0.29, 0.717) is 13.0 Å². The summed E-state index contributed by atoms with van der Waals surface area (Å²) < 4.78 is 36.9. The van der Waals surface area contributed by atoms with Crippen molar-refractivity contribution in [1.29, 1.82) is 0 Å². The van der Waals surface area contributed by atoms with E-state index < -0.39 is 12.1 Å². The van der Waals surface area contributed by atoms with Crippen LogP contribution in [0.5, 0.6) is 0 Å². The lowest BCUT2D eigenvalue weighted by Gasteiger charge is -2.23. The smallest absolute Gasteiger partial charge is 0.475 e. The second-order valence-electron chi connectivity index (χ2n) is 7.45. The Kier molecular flexibility index (Phi) is 14.9. The maximum absolute atomic E-state index is 12.3. The number of hydrogen-bond donors (Lipinski definition) is 3. The zero-order chi connectivity index (χ0) is 26.1. The SMILES string of the molecule is CC(=O)NCCCCC(C(=O)NCCC(=O)OCc1ccccc1)N(C)C.O=C(O)C(F)(F)F. The number of rotatable bonds is 12. The molecule has 0 aromatic heterocycles. The fourth-order valence-corrected chi connectivity index (χ4v) is 2.57. The topological polar surface area (TPSA) is 125 Å². The molecule has 0 fully saturated rings. The molecule has 192 valence electrons. The Bertz CT molecular complexity index is 773. The van der Waals surface area contributed by atoms with E-state index in [9.17, 15) is 27.6 Å². The van der Waals surface area contributed by atoms with Gasteiger partial charge >= 0.3 is 18.1 Å².